The molecule has 0 spiro atoms. The topological polar surface area (TPSA) is 51.1 Å². The Hall–Kier alpha value is -2.08. The summed E-state index contributed by atoms with van der Waals surface area (Å²) >= 11 is 5.24. The Balaban J connectivity index is 1.81. The minimum Gasteiger partial charge on any atom is -0.494 e. The zero-order valence-electron chi connectivity index (χ0n) is 11.6. The molecule has 0 bridgehead atoms. The van der Waals surface area contributed by atoms with Gasteiger partial charge < -0.3 is 15.4 Å². The summed E-state index contributed by atoms with van der Waals surface area (Å²) in [6.07, 6.45) is 1.90. The molecule has 2 rings (SSSR count). The molecule has 0 saturated carbocycles. The van der Waals surface area contributed by atoms with Gasteiger partial charge in [-0.05, 0) is 49.5 Å². The van der Waals surface area contributed by atoms with Crippen LogP contribution in [0.15, 0.2) is 36.5 Å². The molecule has 1 aromatic carbocycles. The molecule has 2 N–H and O–H groups in total. The average molecular weight is 290 g/mol. The predicted octanol–water partition coefficient (Wildman–Crippen LogP) is 2.31. The van der Waals surface area contributed by atoms with E-state index < -0.39 is 0 Å². The Kier molecular flexibility index (Phi) is 4.95. The molecule has 0 amide bonds. The molecule has 0 fully saturated rings. The van der Waals surface area contributed by atoms with Crippen molar-refractivity contribution in [3.05, 3.63) is 42.2 Å². The van der Waals surface area contributed by atoms with Crippen LogP contribution in [0.25, 0.3) is 0 Å². The highest BCUT2D eigenvalue weighted by atomic mass is 32.1. The Labute approximate surface area is 123 Å². The number of nitrogens with zero attached hydrogens (tertiary/aromatic N) is 2. The minimum atomic E-state index is 0.569. The van der Waals surface area contributed by atoms with E-state index in [1.165, 1.54) is 0 Å². The number of anilines is 1. The molecule has 0 unspecified atom stereocenters. The lowest BCUT2D eigenvalue weighted by atomic mass is 10.3. The van der Waals surface area contributed by atoms with Gasteiger partial charge in [-0.3, -0.25) is 4.68 Å². The van der Waals surface area contributed by atoms with Gasteiger partial charge in [-0.2, -0.15) is 5.10 Å². The standard InChI is InChI=1S/C14H18N4OS/c1-3-19-13-6-4-11(5-7-13)16-14(20)15-10-12-8-9-18(2)17-12/h4-9H,3,10H2,1-2H3,(H2,15,16,20). The van der Waals surface area contributed by atoms with Crippen LogP contribution in [-0.2, 0) is 13.6 Å². The van der Waals surface area contributed by atoms with Gasteiger partial charge in [-0.15, -0.1) is 0 Å². The average Bonchev–Trinajstić information content (AvgIpc) is 2.85. The van der Waals surface area contributed by atoms with Crippen LogP contribution in [0.2, 0.25) is 0 Å². The van der Waals surface area contributed by atoms with Crippen LogP contribution in [0.4, 0.5) is 5.69 Å². The van der Waals surface area contributed by atoms with E-state index in [-0.39, 0.29) is 0 Å². The Morgan fingerprint density at radius 1 is 1.30 bits per heavy atom. The Bertz CT molecular complexity index is 565. The van der Waals surface area contributed by atoms with Crippen molar-refractivity contribution in [2.45, 2.75) is 13.5 Å². The second kappa shape index (κ2) is 6.91. The fourth-order valence-corrected chi connectivity index (χ4v) is 1.89. The van der Waals surface area contributed by atoms with E-state index in [0.29, 0.717) is 18.3 Å². The molecule has 0 atom stereocenters. The van der Waals surface area contributed by atoms with E-state index in [1.54, 1.807) is 4.68 Å². The van der Waals surface area contributed by atoms with E-state index in [2.05, 4.69) is 15.7 Å². The van der Waals surface area contributed by atoms with Gasteiger partial charge in [0.25, 0.3) is 0 Å². The number of rotatable bonds is 5. The van der Waals surface area contributed by atoms with Gasteiger partial charge in [0.2, 0.25) is 0 Å². The molecule has 2 aromatic rings. The third-order valence-corrected chi connectivity index (χ3v) is 2.87. The van der Waals surface area contributed by atoms with Crippen molar-refractivity contribution in [2.75, 3.05) is 11.9 Å². The summed E-state index contributed by atoms with van der Waals surface area (Å²) in [6.45, 7) is 3.23. The van der Waals surface area contributed by atoms with Crippen LogP contribution in [0, 0.1) is 0 Å². The van der Waals surface area contributed by atoms with Crippen LogP contribution >= 0.6 is 12.2 Å². The maximum atomic E-state index is 5.39. The third-order valence-electron chi connectivity index (χ3n) is 2.62. The Morgan fingerprint density at radius 3 is 2.65 bits per heavy atom. The summed E-state index contributed by atoms with van der Waals surface area (Å²) in [7, 11) is 1.89. The van der Waals surface area contributed by atoms with Crippen molar-refractivity contribution in [3.8, 4) is 5.75 Å². The highest BCUT2D eigenvalue weighted by Crippen LogP contribution is 2.15. The summed E-state index contributed by atoms with van der Waals surface area (Å²) in [6, 6.07) is 9.63. The second-order valence-corrected chi connectivity index (χ2v) is 4.65. The lowest BCUT2D eigenvalue weighted by Gasteiger charge is -2.10. The van der Waals surface area contributed by atoms with Crippen molar-refractivity contribution in [2.24, 2.45) is 7.05 Å². The Morgan fingerprint density at radius 2 is 2.05 bits per heavy atom. The molecule has 0 radical (unpaired) electrons. The number of benzene rings is 1. The first kappa shape index (κ1) is 14.3. The number of nitrogens with one attached hydrogen (secondary N) is 2. The van der Waals surface area contributed by atoms with Crippen LogP contribution < -0.4 is 15.4 Å². The first-order valence-electron chi connectivity index (χ1n) is 6.43. The maximum absolute atomic E-state index is 5.39. The lowest BCUT2D eigenvalue weighted by Crippen LogP contribution is -2.28. The fourth-order valence-electron chi connectivity index (χ4n) is 1.70. The molecule has 0 saturated heterocycles. The van der Waals surface area contributed by atoms with Gasteiger partial charge in [0.1, 0.15) is 5.75 Å². The summed E-state index contributed by atoms with van der Waals surface area (Å²) in [5.74, 6) is 0.852. The molecule has 0 aliphatic heterocycles. The highest BCUT2D eigenvalue weighted by Gasteiger charge is 2.00. The molecular formula is C14H18N4OS. The summed E-state index contributed by atoms with van der Waals surface area (Å²) < 4.78 is 7.15. The van der Waals surface area contributed by atoms with E-state index >= 15 is 0 Å². The van der Waals surface area contributed by atoms with Crippen LogP contribution in [0.3, 0.4) is 0 Å². The SMILES string of the molecule is CCOc1ccc(NC(=S)NCc2ccn(C)n2)cc1. The molecule has 5 nitrogen and oxygen atoms in total. The predicted molar refractivity (Wildman–Crippen MR) is 83.9 cm³/mol. The van der Waals surface area contributed by atoms with Gasteiger partial charge in [-0.25, -0.2) is 0 Å². The van der Waals surface area contributed by atoms with Gasteiger partial charge in [-0.1, -0.05) is 0 Å². The van der Waals surface area contributed by atoms with E-state index in [4.69, 9.17) is 17.0 Å². The third kappa shape index (κ3) is 4.24. The molecule has 0 aliphatic rings. The summed E-state index contributed by atoms with van der Waals surface area (Å²) in [5, 5.41) is 11.1. The number of ether oxygens (including phenoxy) is 1. The normalized spacial score (nSPS) is 10.1. The van der Waals surface area contributed by atoms with Crippen LogP contribution in [0.1, 0.15) is 12.6 Å². The molecular weight excluding hydrogens is 272 g/mol. The van der Waals surface area contributed by atoms with E-state index in [1.807, 2.05) is 50.5 Å². The molecule has 106 valence electrons. The minimum absolute atomic E-state index is 0.569. The van der Waals surface area contributed by atoms with Crippen molar-refractivity contribution in [1.29, 1.82) is 0 Å². The lowest BCUT2D eigenvalue weighted by molar-refractivity contribution is 0.340. The van der Waals surface area contributed by atoms with Crippen molar-refractivity contribution >= 4 is 23.0 Å². The number of aryl methyl sites for hydroxylation is 1. The quantitative estimate of drug-likeness (QED) is 0.828. The number of thiocarbonyl (C=S) groups is 1. The molecule has 6 heteroatoms. The van der Waals surface area contributed by atoms with E-state index in [9.17, 15) is 0 Å². The summed E-state index contributed by atoms with van der Waals surface area (Å²) in [5.41, 5.74) is 1.87. The maximum Gasteiger partial charge on any atom is 0.171 e. The highest BCUT2D eigenvalue weighted by molar-refractivity contribution is 7.80. The fraction of sp³-hybridized carbons (Fsp3) is 0.286. The van der Waals surface area contributed by atoms with Crippen LogP contribution in [0.5, 0.6) is 5.75 Å². The van der Waals surface area contributed by atoms with Gasteiger partial charge >= 0.3 is 0 Å². The number of hydrogen-bond acceptors (Lipinski definition) is 3. The molecule has 20 heavy (non-hydrogen) atoms. The van der Waals surface area contributed by atoms with Crippen molar-refractivity contribution in [3.63, 3.8) is 0 Å². The van der Waals surface area contributed by atoms with Gasteiger partial charge in [0, 0.05) is 18.9 Å². The van der Waals surface area contributed by atoms with Crippen LogP contribution in [-0.4, -0.2) is 21.5 Å². The van der Waals surface area contributed by atoms with Crippen molar-refractivity contribution in [1.82, 2.24) is 15.1 Å². The zero-order chi connectivity index (χ0) is 14.4. The van der Waals surface area contributed by atoms with E-state index in [0.717, 1.165) is 17.1 Å². The second-order valence-electron chi connectivity index (χ2n) is 4.25. The smallest absolute Gasteiger partial charge is 0.171 e. The monoisotopic (exact) mass is 290 g/mol. The van der Waals surface area contributed by atoms with Gasteiger partial charge in [0.15, 0.2) is 5.11 Å². The van der Waals surface area contributed by atoms with Crippen molar-refractivity contribution < 1.29 is 4.74 Å². The zero-order valence-corrected chi connectivity index (χ0v) is 12.4. The largest absolute Gasteiger partial charge is 0.494 e. The number of hydrogen-bond donors (Lipinski definition) is 2. The first-order chi connectivity index (χ1) is 9.67. The van der Waals surface area contributed by atoms with Gasteiger partial charge in [0.05, 0.1) is 18.8 Å². The summed E-state index contributed by atoms with van der Waals surface area (Å²) in [4.78, 5) is 0. The molecule has 1 aromatic heterocycles. The molecule has 0 aliphatic carbocycles. The first-order valence-corrected chi connectivity index (χ1v) is 6.84. The number of aromatic nitrogens is 2. The molecule has 1 heterocycles.